The molecule has 0 unspecified atom stereocenters. The molecular formula is C14H17N3O. The molecule has 1 aliphatic rings. The average molecular weight is 243 g/mol. The van der Waals surface area contributed by atoms with Crippen molar-refractivity contribution in [1.82, 2.24) is 9.78 Å². The molecule has 2 N–H and O–H groups in total. The van der Waals surface area contributed by atoms with Crippen LogP contribution in [-0.4, -0.2) is 16.9 Å². The number of rotatable bonds is 3. The molecule has 0 atom stereocenters. The summed E-state index contributed by atoms with van der Waals surface area (Å²) in [5, 5.41) is 4.44. The molecular weight excluding hydrogens is 226 g/mol. The molecule has 18 heavy (non-hydrogen) atoms. The molecule has 0 aliphatic heterocycles. The zero-order valence-corrected chi connectivity index (χ0v) is 10.5. The number of nitrogens with zero attached hydrogens (tertiary/aromatic N) is 2. The number of hydrogen-bond donors (Lipinski definition) is 1. The molecule has 4 heteroatoms. The van der Waals surface area contributed by atoms with E-state index in [-0.39, 0.29) is 0 Å². The van der Waals surface area contributed by atoms with Crippen LogP contribution in [0.2, 0.25) is 0 Å². The Morgan fingerprint density at radius 1 is 1.28 bits per heavy atom. The minimum atomic E-state index is 0.639. The molecule has 0 saturated heterocycles. The van der Waals surface area contributed by atoms with E-state index < -0.39 is 0 Å². The zero-order chi connectivity index (χ0) is 12.5. The molecule has 1 aliphatic carbocycles. The van der Waals surface area contributed by atoms with Crippen molar-refractivity contribution in [2.24, 2.45) is 0 Å². The molecule has 0 spiro atoms. The Morgan fingerprint density at radius 2 is 2.06 bits per heavy atom. The highest BCUT2D eigenvalue weighted by Gasteiger charge is 2.21. The lowest BCUT2D eigenvalue weighted by molar-refractivity contribution is 0.185. The van der Waals surface area contributed by atoms with Crippen LogP contribution < -0.4 is 5.73 Å². The van der Waals surface area contributed by atoms with Gasteiger partial charge in [0.05, 0.1) is 12.3 Å². The summed E-state index contributed by atoms with van der Waals surface area (Å²) in [6, 6.07) is 8.27. The van der Waals surface area contributed by atoms with Crippen LogP contribution in [0.15, 0.2) is 24.3 Å². The number of nitrogen functional groups attached to an aromatic ring is 1. The zero-order valence-electron chi connectivity index (χ0n) is 10.5. The van der Waals surface area contributed by atoms with E-state index in [1.54, 1.807) is 7.11 Å². The van der Waals surface area contributed by atoms with Gasteiger partial charge in [0.1, 0.15) is 5.82 Å². The summed E-state index contributed by atoms with van der Waals surface area (Å²) in [5.74, 6) is 0.684. The molecule has 1 heterocycles. The summed E-state index contributed by atoms with van der Waals surface area (Å²) in [4.78, 5) is 0. The third-order valence-corrected chi connectivity index (χ3v) is 3.45. The van der Waals surface area contributed by atoms with Crippen molar-refractivity contribution >= 4 is 5.82 Å². The first-order valence-electron chi connectivity index (χ1n) is 6.24. The minimum absolute atomic E-state index is 0.639. The van der Waals surface area contributed by atoms with Crippen LogP contribution in [0.25, 0.3) is 5.69 Å². The molecule has 0 saturated carbocycles. The van der Waals surface area contributed by atoms with Crippen molar-refractivity contribution in [3.05, 3.63) is 41.1 Å². The second-order valence-corrected chi connectivity index (χ2v) is 4.68. The lowest BCUT2D eigenvalue weighted by Crippen LogP contribution is -2.02. The SMILES string of the molecule is COCc1ccc(-n2nc(N)c3c2CCC3)cc1. The monoisotopic (exact) mass is 243 g/mol. The number of methoxy groups -OCH3 is 1. The Labute approximate surface area is 106 Å². The van der Waals surface area contributed by atoms with Gasteiger partial charge in [-0.15, -0.1) is 0 Å². The van der Waals surface area contributed by atoms with Crippen molar-refractivity contribution in [2.75, 3.05) is 12.8 Å². The molecule has 4 nitrogen and oxygen atoms in total. The summed E-state index contributed by atoms with van der Waals surface area (Å²) < 4.78 is 7.09. The molecule has 1 aromatic heterocycles. The Hall–Kier alpha value is -1.81. The third kappa shape index (κ3) is 1.78. The van der Waals surface area contributed by atoms with E-state index in [2.05, 4.69) is 29.4 Å². The van der Waals surface area contributed by atoms with E-state index in [1.807, 2.05) is 4.68 Å². The van der Waals surface area contributed by atoms with Crippen molar-refractivity contribution < 1.29 is 4.74 Å². The Morgan fingerprint density at radius 3 is 2.78 bits per heavy atom. The second kappa shape index (κ2) is 4.46. The molecule has 0 amide bonds. The fourth-order valence-corrected chi connectivity index (χ4v) is 2.58. The van der Waals surface area contributed by atoms with Crippen LogP contribution in [0.3, 0.4) is 0 Å². The van der Waals surface area contributed by atoms with Gasteiger partial charge in [-0.2, -0.15) is 5.10 Å². The molecule has 2 aromatic rings. The topological polar surface area (TPSA) is 53.1 Å². The first-order chi connectivity index (χ1) is 8.79. The first-order valence-corrected chi connectivity index (χ1v) is 6.24. The van der Waals surface area contributed by atoms with Gasteiger partial charge in [0.15, 0.2) is 0 Å². The maximum atomic E-state index is 5.96. The Kier molecular flexibility index (Phi) is 2.80. The Bertz CT molecular complexity index is 557. The number of benzene rings is 1. The van der Waals surface area contributed by atoms with Gasteiger partial charge in [-0.3, -0.25) is 0 Å². The van der Waals surface area contributed by atoms with Gasteiger partial charge >= 0.3 is 0 Å². The average Bonchev–Trinajstić information content (AvgIpc) is 2.96. The van der Waals surface area contributed by atoms with Gasteiger partial charge in [-0.05, 0) is 37.0 Å². The summed E-state index contributed by atoms with van der Waals surface area (Å²) >= 11 is 0. The highest BCUT2D eigenvalue weighted by Crippen LogP contribution is 2.28. The minimum Gasteiger partial charge on any atom is -0.382 e. The normalized spacial score (nSPS) is 13.8. The molecule has 94 valence electrons. The summed E-state index contributed by atoms with van der Waals surface area (Å²) in [7, 11) is 1.70. The predicted molar refractivity (Wildman–Crippen MR) is 70.7 cm³/mol. The van der Waals surface area contributed by atoms with Crippen molar-refractivity contribution in [2.45, 2.75) is 25.9 Å². The van der Waals surface area contributed by atoms with Gasteiger partial charge in [0.2, 0.25) is 0 Å². The van der Waals surface area contributed by atoms with Gasteiger partial charge in [-0.25, -0.2) is 4.68 Å². The van der Waals surface area contributed by atoms with Gasteiger partial charge in [-0.1, -0.05) is 12.1 Å². The van der Waals surface area contributed by atoms with Crippen LogP contribution in [0.5, 0.6) is 0 Å². The number of hydrogen-bond acceptors (Lipinski definition) is 3. The van der Waals surface area contributed by atoms with Gasteiger partial charge in [0.25, 0.3) is 0 Å². The van der Waals surface area contributed by atoms with E-state index in [9.17, 15) is 0 Å². The van der Waals surface area contributed by atoms with Gasteiger partial charge < -0.3 is 10.5 Å². The van der Waals surface area contributed by atoms with Crippen LogP contribution in [0.1, 0.15) is 23.2 Å². The van der Waals surface area contributed by atoms with Crippen LogP contribution in [0, 0.1) is 0 Å². The number of nitrogens with two attached hydrogens (primary N) is 1. The van der Waals surface area contributed by atoms with E-state index in [0.29, 0.717) is 12.4 Å². The summed E-state index contributed by atoms with van der Waals surface area (Å²) in [5.41, 5.74) is 10.7. The highest BCUT2D eigenvalue weighted by atomic mass is 16.5. The summed E-state index contributed by atoms with van der Waals surface area (Å²) in [6.45, 7) is 0.639. The first kappa shape index (κ1) is 11.3. The second-order valence-electron chi connectivity index (χ2n) is 4.68. The number of anilines is 1. The lowest BCUT2D eigenvalue weighted by atomic mass is 10.2. The van der Waals surface area contributed by atoms with Crippen molar-refractivity contribution in [3.63, 3.8) is 0 Å². The maximum absolute atomic E-state index is 5.96. The number of aromatic nitrogens is 2. The van der Waals surface area contributed by atoms with Crippen LogP contribution >= 0.6 is 0 Å². The lowest BCUT2D eigenvalue weighted by Gasteiger charge is -2.06. The summed E-state index contributed by atoms with van der Waals surface area (Å²) in [6.07, 6.45) is 3.31. The smallest absolute Gasteiger partial charge is 0.149 e. The van der Waals surface area contributed by atoms with E-state index in [1.165, 1.54) is 17.7 Å². The fourth-order valence-electron chi connectivity index (χ4n) is 2.58. The van der Waals surface area contributed by atoms with Crippen molar-refractivity contribution in [3.8, 4) is 5.69 Å². The van der Waals surface area contributed by atoms with E-state index in [4.69, 9.17) is 10.5 Å². The fraction of sp³-hybridized carbons (Fsp3) is 0.357. The molecule has 0 fully saturated rings. The largest absolute Gasteiger partial charge is 0.382 e. The van der Waals surface area contributed by atoms with E-state index >= 15 is 0 Å². The molecule has 0 radical (unpaired) electrons. The number of fused-ring (bicyclic) bond motifs is 1. The predicted octanol–water partition coefficient (Wildman–Crippen LogP) is 2.09. The molecule has 1 aromatic carbocycles. The van der Waals surface area contributed by atoms with Crippen molar-refractivity contribution in [1.29, 1.82) is 0 Å². The molecule has 3 rings (SSSR count). The maximum Gasteiger partial charge on any atom is 0.149 e. The standard InChI is InChI=1S/C14H17N3O/c1-18-9-10-5-7-11(8-6-10)17-13-4-2-3-12(13)14(15)16-17/h5-8H,2-4,9H2,1H3,(H2,15,16). The van der Waals surface area contributed by atoms with Crippen LogP contribution in [0.4, 0.5) is 5.82 Å². The molecule has 0 bridgehead atoms. The third-order valence-electron chi connectivity index (χ3n) is 3.45. The highest BCUT2D eigenvalue weighted by molar-refractivity contribution is 5.49. The van der Waals surface area contributed by atoms with Crippen LogP contribution in [-0.2, 0) is 24.2 Å². The number of ether oxygens (including phenoxy) is 1. The Balaban J connectivity index is 1.97. The van der Waals surface area contributed by atoms with E-state index in [0.717, 1.165) is 24.1 Å². The quantitative estimate of drug-likeness (QED) is 0.898. The van der Waals surface area contributed by atoms with Gasteiger partial charge in [0, 0.05) is 18.4 Å².